The average molecular weight is 376 g/mol. The van der Waals surface area contributed by atoms with Gasteiger partial charge in [-0.25, -0.2) is 8.42 Å². The van der Waals surface area contributed by atoms with Crippen LogP contribution in [-0.4, -0.2) is 32.6 Å². The maximum atomic E-state index is 12.3. The molecule has 0 fully saturated rings. The highest BCUT2D eigenvalue weighted by Gasteiger charge is 2.20. The van der Waals surface area contributed by atoms with E-state index in [2.05, 4.69) is 10.9 Å². The minimum Gasteiger partial charge on any atom is -0.494 e. The van der Waals surface area contributed by atoms with Crippen molar-refractivity contribution in [2.24, 2.45) is 0 Å². The quantitative estimate of drug-likeness (QED) is 0.751. The zero-order valence-electron chi connectivity index (χ0n) is 14.5. The number of carbonyl (C=O) groups excluding carboxylic acids is 2. The van der Waals surface area contributed by atoms with E-state index in [0.717, 1.165) is 0 Å². The molecule has 0 saturated carbocycles. The van der Waals surface area contributed by atoms with E-state index in [1.807, 2.05) is 6.92 Å². The molecule has 7 nitrogen and oxygen atoms in total. The topological polar surface area (TPSA) is 102 Å². The maximum absolute atomic E-state index is 12.3. The third-order valence-electron chi connectivity index (χ3n) is 3.56. The molecule has 0 aliphatic heterocycles. The van der Waals surface area contributed by atoms with Gasteiger partial charge >= 0.3 is 0 Å². The van der Waals surface area contributed by atoms with E-state index in [1.54, 1.807) is 30.3 Å². The molecule has 0 aromatic heterocycles. The fraction of sp³-hybridized carbons (Fsp3) is 0.222. The second-order valence-electron chi connectivity index (χ2n) is 5.27. The molecule has 0 radical (unpaired) electrons. The number of carbonyl (C=O) groups is 2. The molecular formula is C18H20N2O5S. The first-order valence-electron chi connectivity index (χ1n) is 8.04. The van der Waals surface area contributed by atoms with Crippen molar-refractivity contribution >= 4 is 21.7 Å². The molecule has 0 atom stereocenters. The Bertz CT molecular complexity index is 892. The summed E-state index contributed by atoms with van der Waals surface area (Å²) in [5.41, 5.74) is 4.81. The van der Waals surface area contributed by atoms with Crippen molar-refractivity contribution in [3.05, 3.63) is 59.7 Å². The highest BCUT2D eigenvalue weighted by atomic mass is 32.2. The van der Waals surface area contributed by atoms with E-state index in [0.29, 0.717) is 17.9 Å². The number of hydrazine groups is 1. The summed E-state index contributed by atoms with van der Waals surface area (Å²) < 4.78 is 29.5. The van der Waals surface area contributed by atoms with Crippen LogP contribution in [0.25, 0.3) is 0 Å². The van der Waals surface area contributed by atoms with Gasteiger partial charge in [0.15, 0.2) is 9.84 Å². The molecule has 8 heteroatoms. The summed E-state index contributed by atoms with van der Waals surface area (Å²) in [5.74, 6) is -0.739. The van der Waals surface area contributed by atoms with Crippen molar-refractivity contribution in [2.75, 3.05) is 12.4 Å². The van der Waals surface area contributed by atoms with Crippen LogP contribution in [0.1, 0.15) is 34.6 Å². The summed E-state index contributed by atoms with van der Waals surface area (Å²) in [6.07, 6.45) is 0. The Morgan fingerprint density at radius 3 is 2.15 bits per heavy atom. The number of rotatable bonds is 6. The summed E-state index contributed by atoms with van der Waals surface area (Å²) >= 11 is 0. The van der Waals surface area contributed by atoms with Gasteiger partial charge in [-0.15, -0.1) is 0 Å². The van der Waals surface area contributed by atoms with Gasteiger partial charge in [0.05, 0.1) is 22.8 Å². The number of amides is 2. The molecule has 0 bridgehead atoms. The normalized spacial score (nSPS) is 10.8. The van der Waals surface area contributed by atoms with Crippen molar-refractivity contribution < 1.29 is 22.7 Å². The standard InChI is InChI=1S/C18H20N2O5S/c1-3-25-14-11-9-13(10-12-14)17(21)19-20-18(22)15-7-5-6-8-16(15)26(23,24)4-2/h5-12H,3-4H2,1-2H3,(H,19,21)(H,20,22). The smallest absolute Gasteiger partial charge is 0.271 e. The number of nitrogens with one attached hydrogen (secondary N) is 2. The summed E-state index contributed by atoms with van der Waals surface area (Å²) in [4.78, 5) is 24.3. The van der Waals surface area contributed by atoms with E-state index in [1.165, 1.54) is 25.1 Å². The molecule has 0 saturated heterocycles. The lowest BCUT2D eigenvalue weighted by Crippen LogP contribution is -2.42. The number of benzene rings is 2. The first-order valence-corrected chi connectivity index (χ1v) is 9.69. The Morgan fingerprint density at radius 2 is 1.54 bits per heavy atom. The Kier molecular flexibility index (Phi) is 6.35. The Morgan fingerprint density at radius 1 is 0.923 bits per heavy atom. The molecule has 2 aromatic rings. The maximum Gasteiger partial charge on any atom is 0.271 e. The van der Waals surface area contributed by atoms with Crippen LogP contribution in [0.3, 0.4) is 0 Å². The van der Waals surface area contributed by atoms with Crippen LogP contribution < -0.4 is 15.6 Å². The molecule has 2 aromatic carbocycles. The lowest BCUT2D eigenvalue weighted by molar-refractivity contribution is 0.0845. The molecular weight excluding hydrogens is 356 g/mol. The average Bonchev–Trinajstić information content (AvgIpc) is 2.66. The number of hydrogen-bond donors (Lipinski definition) is 2. The van der Waals surface area contributed by atoms with Crippen molar-refractivity contribution in [3.8, 4) is 5.75 Å². The third-order valence-corrected chi connectivity index (χ3v) is 5.35. The van der Waals surface area contributed by atoms with Crippen LogP contribution in [0, 0.1) is 0 Å². The fourth-order valence-corrected chi connectivity index (χ4v) is 3.30. The zero-order chi connectivity index (χ0) is 19.2. The second-order valence-corrected chi connectivity index (χ2v) is 7.51. The van der Waals surface area contributed by atoms with Gasteiger partial charge in [-0.3, -0.25) is 20.4 Å². The lowest BCUT2D eigenvalue weighted by Gasteiger charge is -2.11. The van der Waals surface area contributed by atoms with Crippen molar-refractivity contribution in [3.63, 3.8) is 0 Å². The Balaban J connectivity index is 2.08. The summed E-state index contributed by atoms with van der Waals surface area (Å²) in [7, 11) is -3.56. The van der Waals surface area contributed by atoms with E-state index in [-0.39, 0.29) is 16.2 Å². The Hall–Kier alpha value is -2.87. The van der Waals surface area contributed by atoms with E-state index in [4.69, 9.17) is 4.74 Å². The molecule has 0 heterocycles. The summed E-state index contributed by atoms with van der Waals surface area (Å²) in [6, 6.07) is 12.2. The van der Waals surface area contributed by atoms with Gasteiger partial charge in [0.1, 0.15) is 5.75 Å². The minimum absolute atomic E-state index is 0.0265. The largest absolute Gasteiger partial charge is 0.494 e. The zero-order valence-corrected chi connectivity index (χ0v) is 15.3. The van der Waals surface area contributed by atoms with E-state index in [9.17, 15) is 18.0 Å². The Labute approximate surface area is 152 Å². The molecule has 0 aliphatic carbocycles. The predicted molar refractivity (Wildman–Crippen MR) is 96.7 cm³/mol. The van der Waals surface area contributed by atoms with Gasteiger partial charge in [-0.1, -0.05) is 19.1 Å². The minimum atomic E-state index is -3.56. The van der Waals surface area contributed by atoms with E-state index >= 15 is 0 Å². The molecule has 138 valence electrons. The van der Waals surface area contributed by atoms with Gasteiger partial charge in [0.2, 0.25) is 0 Å². The molecule has 0 unspecified atom stereocenters. The monoisotopic (exact) mass is 376 g/mol. The van der Waals surface area contributed by atoms with Crippen LogP contribution >= 0.6 is 0 Å². The molecule has 26 heavy (non-hydrogen) atoms. The molecule has 0 aliphatic rings. The number of sulfone groups is 1. The highest BCUT2D eigenvalue weighted by Crippen LogP contribution is 2.17. The van der Waals surface area contributed by atoms with Gasteiger partial charge in [-0.2, -0.15) is 0 Å². The SMILES string of the molecule is CCOc1ccc(C(=O)NNC(=O)c2ccccc2S(=O)(=O)CC)cc1. The first kappa shape index (κ1) is 19.5. The number of hydrogen-bond acceptors (Lipinski definition) is 5. The molecule has 0 spiro atoms. The van der Waals surface area contributed by atoms with Crippen molar-refractivity contribution in [2.45, 2.75) is 18.7 Å². The van der Waals surface area contributed by atoms with Crippen LogP contribution in [0.5, 0.6) is 5.75 Å². The predicted octanol–water partition coefficient (Wildman–Crippen LogP) is 1.95. The summed E-state index contributed by atoms with van der Waals surface area (Å²) in [5, 5.41) is 0. The summed E-state index contributed by atoms with van der Waals surface area (Å²) in [6.45, 7) is 3.87. The van der Waals surface area contributed by atoms with Crippen LogP contribution in [0.2, 0.25) is 0 Å². The van der Waals surface area contributed by atoms with Gasteiger partial charge in [0, 0.05) is 5.56 Å². The van der Waals surface area contributed by atoms with Crippen LogP contribution in [-0.2, 0) is 9.84 Å². The third kappa shape index (κ3) is 4.60. The van der Waals surface area contributed by atoms with Gasteiger partial charge < -0.3 is 4.74 Å². The fourth-order valence-electron chi connectivity index (χ4n) is 2.20. The van der Waals surface area contributed by atoms with Crippen molar-refractivity contribution in [1.82, 2.24) is 10.9 Å². The molecule has 2 rings (SSSR count). The van der Waals surface area contributed by atoms with E-state index < -0.39 is 21.7 Å². The first-order chi connectivity index (χ1) is 12.4. The molecule has 2 N–H and O–H groups in total. The van der Waals surface area contributed by atoms with Gasteiger partial charge in [0.25, 0.3) is 11.8 Å². The van der Waals surface area contributed by atoms with Gasteiger partial charge in [-0.05, 0) is 43.3 Å². The highest BCUT2D eigenvalue weighted by molar-refractivity contribution is 7.91. The van der Waals surface area contributed by atoms with Crippen LogP contribution in [0.15, 0.2) is 53.4 Å². The molecule has 2 amide bonds. The lowest BCUT2D eigenvalue weighted by atomic mass is 10.2. The second kappa shape index (κ2) is 8.48. The van der Waals surface area contributed by atoms with Crippen LogP contribution in [0.4, 0.5) is 0 Å². The van der Waals surface area contributed by atoms with Crippen molar-refractivity contribution in [1.29, 1.82) is 0 Å². The number of ether oxygens (including phenoxy) is 1.